The van der Waals surface area contributed by atoms with Crippen molar-refractivity contribution in [3.05, 3.63) is 16.1 Å². The molecular formula is C9H12N2OS. The summed E-state index contributed by atoms with van der Waals surface area (Å²) in [6, 6.07) is 0. The zero-order chi connectivity index (χ0) is 9.42. The molecule has 2 rings (SSSR count). The van der Waals surface area contributed by atoms with Crippen LogP contribution in [0.1, 0.15) is 22.7 Å². The molecule has 0 saturated carbocycles. The smallest absolute Gasteiger partial charge is 0.223 e. The molecule has 13 heavy (non-hydrogen) atoms. The van der Waals surface area contributed by atoms with Crippen molar-refractivity contribution in [2.24, 2.45) is 5.92 Å². The number of thiazole rings is 1. The molecule has 2 atom stereocenters. The first-order valence-corrected chi connectivity index (χ1v) is 5.20. The van der Waals surface area contributed by atoms with E-state index in [4.69, 9.17) is 0 Å². The molecule has 4 heteroatoms. The van der Waals surface area contributed by atoms with Crippen molar-refractivity contribution in [2.45, 2.75) is 19.8 Å². The summed E-state index contributed by atoms with van der Waals surface area (Å²) in [6.07, 6.45) is 1.87. The van der Waals surface area contributed by atoms with Gasteiger partial charge in [0.1, 0.15) is 0 Å². The Bertz CT molecular complexity index is 334. The fourth-order valence-corrected chi connectivity index (χ4v) is 2.56. The molecule has 0 spiro atoms. The third-order valence-corrected chi connectivity index (χ3v) is 3.51. The molecule has 0 aliphatic carbocycles. The molecule has 3 nitrogen and oxygen atoms in total. The van der Waals surface area contributed by atoms with E-state index in [0.717, 1.165) is 11.6 Å². The average molecular weight is 196 g/mol. The summed E-state index contributed by atoms with van der Waals surface area (Å²) in [7, 11) is 0. The van der Waals surface area contributed by atoms with E-state index in [1.165, 1.54) is 4.88 Å². The number of amides is 1. The van der Waals surface area contributed by atoms with E-state index in [1.54, 1.807) is 11.3 Å². The highest BCUT2D eigenvalue weighted by Crippen LogP contribution is 2.30. The molecule has 2 heterocycles. The second kappa shape index (κ2) is 3.10. The lowest BCUT2D eigenvalue weighted by Crippen LogP contribution is -2.16. The zero-order valence-corrected chi connectivity index (χ0v) is 8.52. The number of rotatable bonds is 1. The molecule has 1 aliphatic rings. The predicted octanol–water partition coefficient (Wildman–Crippen LogP) is 1.30. The maximum atomic E-state index is 11.2. The van der Waals surface area contributed by atoms with Crippen LogP contribution in [0.3, 0.4) is 0 Å². The van der Waals surface area contributed by atoms with Crippen LogP contribution in [0.25, 0.3) is 0 Å². The number of hydrogen-bond acceptors (Lipinski definition) is 3. The normalized spacial score (nSPS) is 27.7. The molecule has 2 unspecified atom stereocenters. The fourth-order valence-electron chi connectivity index (χ4n) is 1.58. The summed E-state index contributed by atoms with van der Waals surface area (Å²) in [5.74, 6) is 0.509. The van der Waals surface area contributed by atoms with Crippen molar-refractivity contribution < 1.29 is 4.79 Å². The molecule has 0 radical (unpaired) electrons. The average Bonchev–Trinajstić information content (AvgIpc) is 2.62. The number of aryl methyl sites for hydroxylation is 1. The Labute approximate surface area is 81.2 Å². The van der Waals surface area contributed by atoms with Gasteiger partial charge in [0.05, 0.1) is 5.01 Å². The van der Waals surface area contributed by atoms with E-state index in [-0.39, 0.29) is 17.7 Å². The SMILES string of the molecule is Cc1cnc(C2CNC(=O)C2C)s1. The van der Waals surface area contributed by atoms with Crippen molar-refractivity contribution in [2.75, 3.05) is 6.54 Å². The van der Waals surface area contributed by atoms with E-state index < -0.39 is 0 Å². The maximum Gasteiger partial charge on any atom is 0.223 e. The minimum Gasteiger partial charge on any atom is -0.355 e. The van der Waals surface area contributed by atoms with Gasteiger partial charge in [0.2, 0.25) is 5.91 Å². The van der Waals surface area contributed by atoms with Crippen LogP contribution < -0.4 is 5.32 Å². The standard InChI is InChI=1S/C9H12N2OS/c1-5-3-11-9(13-5)7-4-10-8(12)6(7)2/h3,6-7H,4H2,1-2H3,(H,10,12). The largest absolute Gasteiger partial charge is 0.355 e. The van der Waals surface area contributed by atoms with Gasteiger partial charge in [-0.1, -0.05) is 6.92 Å². The van der Waals surface area contributed by atoms with Gasteiger partial charge < -0.3 is 5.32 Å². The first-order chi connectivity index (χ1) is 6.18. The lowest BCUT2D eigenvalue weighted by molar-refractivity contribution is -0.122. The van der Waals surface area contributed by atoms with E-state index in [0.29, 0.717) is 0 Å². The zero-order valence-electron chi connectivity index (χ0n) is 7.70. The van der Waals surface area contributed by atoms with Crippen LogP contribution in [0.4, 0.5) is 0 Å². The number of nitrogens with zero attached hydrogens (tertiary/aromatic N) is 1. The molecule has 0 aromatic carbocycles. The lowest BCUT2D eigenvalue weighted by atomic mass is 9.99. The van der Waals surface area contributed by atoms with E-state index in [1.807, 2.05) is 20.0 Å². The summed E-state index contributed by atoms with van der Waals surface area (Å²) in [4.78, 5) is 16.7. The summed E-state index contributed by atoms with van der Waals surface area (Å²) in [6.45, 7) is 4.74. The number of carbonyl (C=O) groups excluding carboxylic acids is 1. The molecule has 1 amide bonds. The van der Waals surface area contributed by atoms with Gasteiger partial charge in [-0.2, -0.15) is 0 Å². The first-order valence-electron chi connectivity index (χ1n) is 4.38. The second-order valence-electron chi connectivity index (χ2n) is 3.45. The van der Waals surface area contributed by atoms with Crippen LogP contribution in [0.15, 0.2) is 6.20 Å². The first kappa shape index (κ1) is 8.69. The van der Waals surface area contributed by atoms with E-state index in [9.17, 15) is 4.79 Å². The quantitative estimate of drug-likeness (QED) is 0.735. The Morgan fingerprint density at radius 1 is 1.69 bits per heavy atom. The maximum absolute atomic E-state index is 11.2. The van der Waals surface area contributed by atoms with Crippen LogP contribution in [0.2, 0.25) is 0 Å². The van der Waals surface area contributed by atoms with Gasteiger partial charge >= 0.3 is 0 Å². The number of carbonyl (C=O) groups is 1. The summed E-state index contributed by atoms with van der Waals surface area (Å²) in [5.41, 5.74) is 0. The molecule has 1 aromatic heterocycles. The van der Waals surface area contributed by atoms with Crippen LogP contribution in [-0.4, -0.2) is 17.4 Å². The van der Waals surface area contributed by atoms with Crippen LogP contribution in [-0.2, 0) is 4.79 Å². The monoisotopic (exact) mass is 196 g/mol. The molecule has 1 N–H and O–H groups in total. The Morgan fingerprint density at radius 3 is 2.92 bits per heavy atom. The Hall–Kier alpha value is -0.900. The van der Waals surface area contributed by atoms with E-state index >= 15 is 0 Å². The minimum atomic E-state index is 0.0746. The highest BCUT2D eigenvalue weighted by Gasteiger charge is 2.33. The van der Waals surface area contributed by atoms with Gasteiger partial charge in [0.25, 0.3) is 0 Å². The van der Waals surface area contributed by atoms with Crippen molar-refractivity contribution in [3.8, 4) is 0 Å². The van der Waals surface area contributed by atoms with Gasteiger partial charge in [-0.3, -0.25) is 4.79 Å². The third kappa shape index (κ3) is 1.46. The van der Waals surface area contributed by atoms with Gasteiger partial charge in [0, 0.05) is 29.5 Å². The van der Waals surface area contributed by atoms with Gasteiger partial charge in [-0.05, 0) is 6.92 Å². The number of aromatic nitrogens is 1. The fraction of sp³-hybridized carbons (Fsp3) is 0.556. The summed E-state index contributed by atoms with van der Waals surface area (Å²) in [5, 5.41) is 3.94. The Kier molecular flexibility index (Phi) is 2.07. The molecule has 1 aliphatic heterocycles. The van der Waals surface area contributed by atoms with Crippen molar-refractivity contribution in [1.82, 2.24) is 10.3 Å². The van der Waals surface area contributed by atoms with Crippen molar-refractivity contribution in [3.63, 3.8) is 0 Å². The molecule has 70 valence electrons. The Morgan fingerprint density at radius 2 is 2.46 bits per heavy atom. The van der Waals surface area contributed by atoms with Crippen LogP contribution in [0, 0.1) is 12.8 Å². The molecule has 0 bridgehead atoms. The minimum absolute atomic E-state index is 0.0746. The van der Waals surface area contributed by atoms with Crippen molar-refractivity contribution >= 4 is 17.2 Å². The van der Waals surface area contributed by atoms with Gasteiger partial charge in [0.15, 0.2) is 0 Å². The highest BCUT2D eigenvalue weighted by atomic mass is 32.1. The highest BCUT2D eigenvalue weighted by molar-refractivity contribution is 7.11. The van der Waals surface area contributed by atoms with Gasteiger partial charge in [-0.25, -0.2) is 4.98 Å². The molecular weight excluding hydrogens is 184 g/mol. The van der Waals surface area contributed by atoms with Crippen molar-refractivity contribution in [1.29, 1.82) is 0 Å². The lowest BCUT2D eigenvalue weighted by Gasteiger charge is -2.07. The third-order valence-electron chi connectivity index (χ3n) is 2.47. The van der Waals surface area contributed by atoms with Gasteiger partial charge in [-0.15, -0.1) is 11.3 Å². The topological polar surface area (TPSA) is 42.0 Å². The summed E-state index contributed by atoms with van der Waals surface area (Å²) >= 11 is 1.69. The Balaban J connectivity index is 2.23. The van der Waals surface area contributed by atoms with Crippen LogP contribution in [0.5, 0.6) is 0 Å². The van der Waals surface area contributed by atoms with E-state index in [2.05, 4.69) is 10.3 Å². The second-order valence-corrected chi connectivity index (χ2v) is 4.72. The summed E-state index contributed by atoms with van der Waals surface area (Å²) < 4.78 is 0. The molecule has 1 fully saturated rings. The number of hydrogen-bond donors (Lipinski definition) is 1. The van der Waals surface area contributed by atoms with Crippen LogP contribution >= 0.6 is 11.3 Å². The molecule has 1 aromatic rings. The number of nitrogens with one attached hydrogen (secondary N) is 1. The molecule has 1 saturated heterocycles. The predicted molar refractivity (Wildman–Crippen MR) is 51.8 cm³/mol.